The molecule has 0 aliphatic carbocycles. The third-order valence-electron chi connectivity index (χ3n) is 4.79. The Hall–Kier alpha value is -4.02. The molecule has 164 valence electrons. The van der Waals surface area contributed by atoms with Crippen LogP contribution in [0, 0.1) is 0 Å². The maximum Gasteiger partial charge on any atom is 0.416 e. The first kappa shape index (κ1) is 21.2. The summed E-state index contributed by atoms with van der Waals surface area (Å²) in [7, 11) is 1.83. The van der Waals surface area contributed by atoms with Gasteiger partial charge in [-0.25, -0.2) is 15.0 Å². The number of carbonyl (C=O) groups is 1. The highest BCUT2D eigenvalue weighted by Gasteiger charge is 2.29. The summed E-state index contributed by atoms with van der Waals surface area (Å²) >= 11 is 0. The molecule has 32 heavy (non-hydrogen) atoms. The van der Waals surface area contributed by atoms with Crippen molar-refractivity contribution in [1.29, 1.82) is 0 Å². The number of anilines is 2. The van der Waals surface area contributed by atoms with E-state index >= 15 is 0 Å². The first-order valence-electron chi connectivity index (χ1n) is 9.55. The van der Waals surface area contributed by atoms with Crippen LogP contribution in [0.1, 0.15) is 34.7 Å². The number of nitrogens with zero attached hydrogens (tertiary/aromatic N) is 5. The SMILES string of the molecule is CC(NC(=O)c1cc2c(cn1)ncn2C)c1cnc(Nc2ccc(C(F)(F)F)cc2)cn1. The van der Waals surface area contributed by atoms with Crippen LogP contribution in [-0.2, 0) is 13.2 Å². The average molecular weight is 441 g/mol. The number of alkyl halides is 3. The molecule has 3 aromatic heterocycles. The Morgan fingerprint density at radius 2 is 1.78 bits per heavy atom. The lowest BCUT2D eigenvalue weighted by atomic mass is 10.2. The largest absolute Gasteiger partial charge is 0.416 e. The molecule has 0 aliphatic rings. The molecule has 3 heterocycles. The van der Waals surface area contributed by atoms with Crippen molar-refractivity contribution < 1.29 is 18.0 Å². The Balaban J connectivity index is 1.40. The van der Waals surface area contributed by atoms with Crippen molar-refractivity contribution >= 4 is 28.4 Å². The lowest BCUT2D eigenvalue weighted by Gasteiger charge is -2.14. The quantitative estimate of drug-likeness (QED) is 0.486. The molecule has 0 saturated carbocycles. The van der Waals surface area contributed by atoms with Crippen molar-refractivity contribution in [1.82, 2.24) is 29.8 Å². The molecule has 8 nitrogen and oxygen atoms in total. The molecular weight excluding hydrogens is 423 g/mol. The molecule has 1 unspecified atom stereocenters. The number of rotatable bonds is 5. The molecule has 0 bridgehead atoms. The summed E-state index contributed by atoms with van der Waals surface area (Å²) in [6, 6.07) is 5.81. The van der Waals surface area contributed by atoms with E-state index in [1.807, 2.05) is 7.05 Å². The van der Waals surface area contributed by atoms with Crippen LogP contribution in [0.25, 0.3) is 11.0 Å². The highest BCUT2D eigenvalue weighted by Crippen LogP contribution is 2.30. The summed E-state index contributed by atoms with van der Waals surface area (Å²) in [5, 5.41) is 5.71. The summed E-state index contributed by atoms with van der Waals surface area (Å²) < 4.78 is 39.8. The molecule has 2 N–H and O–H groups in total. The predicted octanol–water partition coefficient (Wildman–Crippen LogP) is 4.01. The zero-order chi connectivity index (χ0) is 22.9. The lowest BCUT2D eigenvalue weighted by molar-refractivity contribution is -0.137. The van der Waals surface area contributed by atoms with E-state index in [0.717, 1.165) is 17.6 Å². The molecule has 1 amide bonds. The van der Waals surface area contributed by atoms with Crippen molar-refractivity contribution in [2.75, 3.05) is 5.32 Å². The van der Waals surface area contributed by atoms with E-state index in [0.29, 0.717) is 22.7 Å². The molecule has 0 spiro atoms. The third kappa shape index (κ3) is 4.51. The van der Waals surface area contributed by atoms with E-state index in [4.69, 9.17) is 0 Å². The van der Waals surface area contributed by atoms with Crippen molar-refractivity contribution in [2.45, 2.75) is 19.1 Å². The standard InChI is InChI=1S/C21H18F3N7O/c1-12(29-20(32)15-7-18-17(9-25-15)28-11-31(18)2)16-8-27-19(10-26-16)30-14-5-3-13(4-6-14)21(22,23)24/h3-12H,1-2H3,(H,27,30)(H,29,32). The van der Waals surface area contributed by atoms with Gasteiger partial charge in [0.15, 0.2) is 0 Å². The fourth-order valence-corrected chi connectivity index (χ4v) is 3.02. The number of halogens is 3. The molecule has 4 rings (SSSR count). The predicted molar refractivity (Wildman–Crippen MR) is 111 cm³/mol. The van der Waals surface area contributed by atoms with E-state index in [1.54, 1.807) is 23.9 Å². The van der Waals surface area contributed by atoms with E-state index < -0.39 is 17.8 Å². The van der Waals surface area contributed by atoms with Gasteiger partial charge in [0.05, 0.1) is 47.7 Å². The maximum atomic E-state index is 12.7. The highest BCUT2D eigenvalue weighted by molar-refractivity contribution is 5.95. The Labute approximate surface area is 180 Å². The van der Waals surface area contributed by atoms with Crippen molar-refractivity contribution in [3.8, 4) is 0 Å². The van der Waals surface area contributed by atoms with Gasteiger partial charge in [-0.2, -0.15) is 13.2 Å². The number of aryl methyl sites for hydroxylation is 1. The van der Waals surface area contributed by atoms with Crippen LogP contribution in [0.4, 0.5) is 24.7 Å². The summed E-state index contributed by atoms with van der Waals surface area (Å²) in [5.74, 6) is -0.00952. The second-order valence-electron chi connectivity index (χ2n) is 7.14. The number of imidazole rings is 1. The van der Waals surface area contributed by atoms with Crippen LogP contribution in [0.2, 0.25) is 0 Å². The highest BCUT2D eigenvalue weighted by atomic mass is 19.4. The van der Waals surface area contributed by atoms with Gasteiger partial charge >= 0.3 is 6.18 Å². The second-order valence-corrected chi connectivity index (χ2v) is 7.14. The Bertz CT molecular complexity index is 1250. The minimum absolute atomic E-state index is 0.251. The Morgan fingerprint density at radius 3 is 2.44 bits per heavy atom. The number of carbonyl (C=O) groups excluding carboxylic acids is 1. The van der Waals surface area contributed by atoms with Gasteiger partial charge in [0.1, 0.15) is 17.0 Å². The number of fused-ring (bicyclic) bond motifs is 1. The monoisotopic (exact) mass is 441 g/mol. The van der Waals surface area contributed by atoms with Gasteiger partial charge in [0.2, 0.25) is 0 Å². The molecule has 0 aliphatic heterocycles. The number of benzene rings is 1. The molecular formula is C21H18F3N7O. The smallest absolute Gasteiger partial charge is 0.343 e. The van der Waals surface area contributed by atoms with Gasteiger partial charge in [-0.3, -0.25) is 9.78 Å². The Kier molecular flexibility index (Phi) is 5.47. The molecule has 11 heteroatoms. The van der Waals surface area contributed by atoms with Crippen LogP contribution in [0.3, 0.4) is 0 Å². The van der Waals surface area contributed by atoms with Crippen LogP contribution in [0.15, 0.2) is 55.2 Å². The third-order valence-corrected chi connectivity index (χ3v) is 4.79. The fourth-order valence-electron chi connectivity index (χ4n) is 3.02. The van der Waals surface area contributed by atoms with Crippen molar-refractivity contribution in [3.05, 3.63) is 72.2 Å². The average Bonchev–Trinajstić information content (AvgIpc) is 3.14. The molecule has 1 aromatic carbocycles. The van der Waals surface area contributed by atoms with Gasteiger partial charge in [-0.15, -0.1) is 0 Å². The van der Waals surface area contributed by atoms with Crippen LogP contribution < -0.4 is 10.6 Å². The fraction of sp³-hybridized carbons (Fsp3) is 0.190. The first-order valence-corrected chi connectivity index (χ1v) is 9.55. The van der Waals surface area contributed by atoms with Gasteiger partial charge in [-0.1, -0.05) is 0 Å². The van der Waals surface area contributed by atoms with E-state index in [9.17, 15) is 18.0 Å². The summed E-state index contributed by atoms with van der Waals surface area (Å²) in [4.78, 5) is 29.4. The zero-order valence-electron chi connectivity index (χ0n) is 17.1. The second kappa shape index (κ2) is 8.25. The Morgan fingerprint density at radius 1 is 1.03 bits per heavy atom. The van der Waals surface area contributed by atoms with E-state index in [1.165, 1.54) is 30.7 Å². The summed E-state index contributed by atoms with van der Waals surface area (Å²) in [5.41, 5.74) is 1.96. The maximum absolute atomic E-state index is 12.7. The molecule has 1 atom stereocenters. The number of hydrogen-bond donors (Lipinski definition) is 2. The van der Waals surface area contributed by atoms with Crippen LogP contribution >= 0.6 is 0 Å². The van der Waals surface area contributed by atoms with Crippen molar-refractivity contribution in [2.24, 2.45) is 7.05 Å². The topological polar surface area (TPSA) is 97.6 Å². The molecule has 0 fully saturated rings. The zero-order valence-corrected chi connectivity index (χ0v) is 17.1. The number of amides is 1. The number of nitrogens with one attached hydrogen (secondary N) is 2. The lowest BCUT2D eigenvalue weighted by Crippen LogP contribution is -2.28. The number of hydrogen-bond acceptors (Lipinski definition) is 6. The minimum Gasteiger partial charge on any atom is -0.343 e. The van der Waals surface area contributed by atoms with Crippen LogP contribution in [0.5, 0.6) is 0 Å². The van der Waals surface area contributed by atoms with E-state index in [2.05, 4.69) is 30.6 Å². The van der Waals surface area contributed by atoms with Gasteiger partial charge < -0.3 is 15.2 Å². The first-order chi connectivity index (χ1) is 15.2. The summed E-state index contributed by atoms with van der Waals surface area (Å²) in [6.45, 7) is 1.76. The molecule has 0 saturated heterocycles. The molecule has 4 aromatic rings. The number of pyridine rings is 1. The van der Waals surface area contributed by atoms with Gasteiger partial charge in [0.25, 0.3) is 5.91 Å². The van der Waals surface area contributed by atoms with Gasteiger partial charge in [0, 0.05) is 12.7 Å². The molecule has 0 radical (unpaired) electrons. The van der Waals surface area contributed by atoms with E-state index in [-0.39, 0.29) is 11.6 Å². The van der Waals surface area contributed by atoms with Crippen molar-refractivity contribution in [3.63, 3.8) is 0 Å². The summed E-state index contributed by atoms with van der Waals surface area (Å²) in [6.07, 6.45) is 1.72. The normalized spacial score (nSPS) is 12.5. The van der Waals surface area contributed by atoms with Gasteiger partial charge in [-0.05, 0) is 37.3 Å². The minimum atomic E-state index is -4.39. The van der Waals surface area contributed by atoms with Crippen LogP contribution in [-0.4, -0.2) is 30.4 Å². The number of aromatic nitrogens is 5.